The zero-order chi connectivity index (χ0) is 16.4. The molecule has 0 aliphatic rings. The van der Waals surface area contributed by atoms with Gasteiger partial charge in [0.1, 0.15) is 0 Å². The van der Waals surface area contributed by atoms with Crippen LogP contribution in [0.25, 0.3) is 10.2 Å². The van der Waals surface area contributed by atoms with Crippen LogP contribution in [-0.4, -0.2) is 29.9 Å². The lowest BCUT2D eigenvalue weighted by molar-refractivity contribution is -0.127. The minimum atomic E-state index is 0.107. The molecule has 1 N–H and O–H groups in total. The smallest absolute Gasteiger partial charge is 0.226 e. The van der Waals surface area contributed by atoms with Gasteiger partial charge in [0.2, 0.25) is 5.91 Å². The number of aromatic nitrogens is 1. The Morgan fingerprint density at radius 2 is 1.83 bits per heavy atom. The van der Waals surface area contributed by atoms with Gasteiger partial charge in [0, 0.05) is 25.5 Å². The van der Waals surface area contributed by atoms with Gasteiger partial charge in [-0.3, -0.25) is 4.79 Å². The summed E-state index contributed by atoms with van der Waals surface area (Å²) in [6.07, 6.45) is 0.428. The number of carbonyl (C=O) groups excluding carboxylic acids is 1. The Kier molecular flexibility index (Phi) is 4.30. The molecule has 0 fully saturated rings. The molecule has 3 rings (SSSR count). The Morgan fingerprint density at radius 1 is 1.13 bits per heavy atom. The zero-order valence-corrected chi connectivity index (χ0v) is 14.3. The molecular formula is C18H19N3OS. The normalized spacial score (nSPS) is 10.7. The van der Waals surface area contributed by atoms with E-state index in [9.17, 15) is 4.79 Å². The summed E-state index contributed by atoms with van der Waals surface area (Å²) in [5, 5.41) is 4.45. The molecule has 0 spiro atoms. The Morgan fingerprint density at radius 3 is 2.52 bits per heavy atom. The van der Waals surface area contributed by atoms with Gasteiger partial charge in [-0.25, -0.2) is 4.98 Å². The van der Waals surface area contributed by atoms with E-state index in [2.05, 4.69) is 28.5 Å². The molecule has 0 aliphatic heterocycles. The van der Waals surface area contributed by atoms with E-state index in [1.54, 1.807) is 30.3 Å². The molecule has 5 heteroatoms. The summed E-state index contributed by atoms with van der Waals surface area (Å²) in [7, 11) is 3.54. The number of likely N-dealkylation sites (N-methyl/N-ethyl adjacent to an activating group) is 1. The van der Waals surface area contributed by atoms with Crippen molar-refractivity contribution < 1.29 is 4.79 Å². The number of carbonyl (C=O) groups is 1. The van der Waals surface area contributed by atoms with Gasteiger partial charge in [-0.2, -0.15) is 0 Å². The topological polar surface area (TPSA) is 45.2 Å². The number of anilines is 2. The van der Waals surface area contributed by atoms with Crippen LogP contribution in [0.4, 0.5) is 11.4 Å². The number of fused-ring (bicyclic) bond motifs is 1. The number of rotatable bonds is 4. The van der Waals surface area contributed by atoms with E-state index >= 15 is 0 Å². The molecule has 0 saturated heterocycles. The Bertz CT molecular complexity index is 837. The van der Waals surface area contributed by atoms with Crippen LogP contribution in [0, 0.1) is 6.92 Å². The Hall–Kier alpha value is -2.40. The molecule has 1 aromatic heterocycles. The first-order valence-corrected chi connectivity index (χ1v) is 8.26. The summed E-state index contributed by atoms with van der Waals surface area (Å²) in [4.78, 5) is 17.8. The number of benzene rings is 2. The van der Waals surface area contributed by atoms with Crippen molar-refractivity contribution in [3.8, 4) is 0 Å². The largest absolute Gasteiger partial charge is 0.355 e. The minimum Gasteiger partial charge on any atom is -0.355 e. The molecule has 0 bridgehead atoms. The second-order valence-corrected chi connectivity index (χ2v) is 6.94. The van der Waals surface area contributed by atoms with Crippen LogP contribution in [-0.2, 0) is 11.2 Å². The number of amides is 1. The minimum absolute atomic E-state index is 0.107. The molecular weight excluding hydrogens is 306 g/mol. The first-order chi connectivity index (χ1) is 11.0. The molecule has 2 aromatic carbocycles. The first kappa shape index (κ1) is 15.5. The van der Waals surface area contributed by atoms with E-state index in [-0.39, 0.29) is 5.91 Å². The van der Waals surface area contributed by atoms with Gasteiger partial charge in [0.25, 0.3) is 0 Å². The van der Waals surface area contributed by atoms with Gasteiger partial charge in [0.15, 0.2) is 0 Å². The van der Waals surface area contributed by atoms with Gasteiger partial charge in [-0.05, 0) is 42.8 Å². The van der Waals surface area contributed by atoms with Crippen LogP contribution >= 0.6 is 11.3 Å². The molecule has 0 radical (unpaired) electrons. The van der Waals surface area contributed by atoms with E-state index in [1.807, 2.05) is 31.2 Å². The van der Waals surface area contributed by atoms with Crippen molar-refractivity contribution in [1.29, 1.82) is 0 Å². The summed E-state index contributed by atoms with van der Waals surface area (Å²) in [5.74, 6) is 0.107. The second-order valence-electron chi connectivity index (χ2n) is 5.70. The van der Waals surface area contributed by atoms with Crippen LogP contribution in [0.3, 0.4) is 0 Å². The molecule has 0 saturated carbocycles. The summed E-state index contributed by atoms with van der Waals surface area (Å²) in [5.41, 5.74) is 4.04. The number of nitrogens with one attached hydrogen (secondary N) is 1. The third-order valence-corrected chi connectivity index (χ3v) is 4.54. The molecule has 118 valence electrons. The summed E-state index contributed by atoms with van der Waals surface area (Å²) in [6.45, 7) is 2.02. The van der Waals surface area contributed by atoms with Gasteiger partial charge in [-0.1, -0.05) is 12.1 Å². The van der Waals surface area contributed by atoms with Crippen molar-refractivity contribution in [3.05, 3.63) is 53.0 Å². The molecule has 0 atom stereocenters. The predicted octanol–water partition coefficient (Wildman–Crippen LogP) is 3.98. The van der Waals surface area contributed by atoms with Crippen LogP contribution < -0.4 is 5.32 Å². The van der Waals surface area contributed by atoms with E-state index < -0.39 is 0 Å². The maximum absolute atomic E-state index is 11.7. The van der Waals surface area contributed by atoms with E-state index in [0.717, 1.165) is 27.5 Å². The highest BCUT2D eigenvalue weighted by molar-refractivity contribution is 7.18. The monoisotopic (exact) mass is 325 g/mol. The van der Waals surface area contributed by atoms with Crippen molar-refractivity contribution in [2.24, 2.45) is 0 Å². The third kappa shape index (κ3) is 3.68. The van der Waals surface area contributed by atoms with Crippen molar-refractivity contribution >= 4 is 38.8 Å². The predicted molar refractivity (Wildman–Crippen MR) is 96.5 cm³/mol. The third-order valence-electron chi connectivity index (χ3n) is 3.59. The fourth-order valence-corrected chi connectivity index (χ4v) is 3.13. The number of hydrogen-bond donors (Lipinski definition) is 1. The van der Waals surface area contributed by atoms with Crippen molar-refractivity contribution in [2.75, 3.05) is 19.4 Å². The number of hydrogen-bond acceptors (Lipinski definition) is 4. The van der Waals surface area contributed by atoms with E-state index in [4.69, 9.17) is 0 Å². The number of aryl methyl sites for hydroxylation is 1. The SMILES string of the molecule is Cc1nc2cc(Nc3ccc(CC(=O)N(C)C)cc3)ccc2s1. The van der Waals surface area contributed by atoms with Gasteiger partial charge in [0.05, 0.1) is 21.6 Å². The van der Waals surface area contributed by atoms with E-state index in [0.29, 0.717) is 6.42 Å². The maximum atomic E-state index is 11.7. The van der Waals surface area contributed by atoms with Gasteiger partial charge in [-0.15, -0.1) is 11.3 Å². The molecule has 23 heavy (non-hydrogen) atoms. The van der Waals surface area contributed by atoms with Crippen molar-refractivity contribution in [2.45, 2.75) is 13.3 Å². The van der Waals surface area contributed by atoms with Gasteiger partial charge < -0.3 is 10.2 Å². The lowest BCUT2D eigenvalue weighted by Gasteiger charge is -2.11. The molecule has 0 aliphatic carbocycles. The lowest BCUT2D eigenvalue weighted by atomic mass is 10.1. The number of thiazole rings is 1. The summed E-state index contributed by atoms with van der Waals surface area (Å²) in [6, 6.07) is 14.2. The Labute approximate surface area is 139 Å². The number of nitrogens with zero attached hydrogens (tertiary/aromatic N) is 2. The van der Waals surface area contributed by atoms with Crippen LogP contribution in [0.1, 0.15) is 10.6 Å². The lowest BCUT2D eigenvalue weighted by Crippen LogP contribution is -2.23. The Balaban J connectivity index is 1.72. The molecule has 1 amide bonds. The maximum Gasteiger partial charge on any atom is 0.226 e. The molecule has 0 unspecified atom stereocenters. The quantitative estimate of drug-likeness (QED) is 0.789. The standard InChI is InChI=1S/C18H19N3OS/c1-12-19-16-11-15(8-9-17(16)23-12)20-14-6-4-13(5-7-14)10-18(22)21(2)3/h4-9,11,20H,10H2,1-3H3. The molecule has 1 heterocycles. The zero-order valence-electron chi connectivity index (χ0n) is 13.5. The van der Waals surface area contributed by atoms with Crippen LogP contribution in [0.5, 0.6) is 0 Å². The van der Waals surface area contributed by atoms with Gasteiger partial charge >= 0.3 is 0 Å². The summed E-state index contributed by atoms with van der Waals surface area (Å²) >= 11 is 1.70. The first-order valence-electron chi connectivity index (χ1n) is 7.44. The van der Waals surface area contributed by atoms with E-state index in [1.165, 1.54) is 4.70 Å². The average molecular weight is 325 g/mol. The second kappa shape index (κ2) is 6.38. The average Bonchev–Trinajstić information content (AvgIpc) is 2.88. The van der Waals surface area contributed by atoms with Crippen molar-refractivity contribution in [3.63, 3.8) is 0 Å². The van der Waals surface area contributed by atoms with Crippen molar-refractivity contribution in [1.82, 2.24) is 9.88 Å². The highest BCUT2D eigenvalue weighted by atomic mass is 32.1. The summed E-state index contributed by atoms with van der Waals surface area (Å²) < 4.78 is 1.20. The van der Waals surface area contributed by atoms with Crippen LogP contribution in [0.2, 0.25) is 0 Å². The fourth-order valence-electron chi connectivity index (χ4n) is 2.33. The fraction of sp³-hybridized carbons (Fsp3) is 0.222. The highest BCUT2D eigenvalue weighted by Crippen LogP contribution is 2.26. The molecule has 3 aromatic rings. The molecule has 4 nitrogen and oxygen atoms in total. The van der Waals surface area contributed by atoms with Crippen LogP contribution in [0.15, 0.2) is 42.5 Å². The highest BCUT2D eigenvalue weighted by Gasteiger charge is 2.06.